The van der Waals surface area contributed by atoms with Crippen LogP contribution in [0.25, 0.3) is 0 Å². The average Bonchev–Trinajstić information content (AvgIpc) is 2.71. The molecular formula is C13H25NO. The normalized spacial score (nSPS) is 22.9. The second kappa shape index (κ2) is 7.02. The summed E-state index contributed by atoms with van der Waals surface area (Å²) in [5.41, 5.74) is 1.27. The lowest BCUT2D eigenvalue weighted by Crippen LogP contribution is -2.40. The molecule has 2 heteroatoms. The Bertz CT molecular complexity index is 185. The number of ether oxygens (including phenoxy) is 1. The average molecular weight is 211 g/mol. The Morgan fingerprint density at radius 3 is 2.93 bits per heavy atom. The van der Waals surface area contributed by atoms with Gasteiger partial charge in [0.25, 0.3) is 0 Å². The van der Waals surface area contributed by atoms with E-state index in [1.54, 1.807) is 0 Å². The van der Waals surface area contributed by atoms with E-state index in [1.807, 2.05) is 0 Å². The molecule has 2 atom stereocenters. The van der Waals surface area contributed by atoms with Crippen LogP contribution in [0.2, 0.25) is 0 Å². The van der Waals surface area contributed by atoms with E-state index in [2.05, 4.69) is 25.7 Å². The van der Waals surface area contributed by atoms with Gasteiger partial charge >= 0.3 is 0 Å². The van der Waals surface area contributed by atoms with Crippen LogP contribution in [0.1, 0.15) is 46.0 Å². The highest BCUT2D eigenvalue weighted by Crippen LogP contribution is 2.19. The van der Waals surface area contributed by atoms with Gasteiger partial charge < -0.3 is 10.1 Å². The maximum Gasteiger partial charge on any atom is 0.0728 e. The van der Waals surface area contributed by atoms with E-state index in [0.29, 0.717) is 12.1 Å². The Balaban J connectivity index is 2.33. The van der Waals surface area contributed by atoms with Gasteiger partial charge in [-0.2, -0.15) is 0 Å². The second-order valence-corrected chi connectivity index (χ2v) is 4.61. The standard InChI is InChI=1S/C13H25NO/c1-4-9-14-12(8-7-11(2)3)13-6-5-10-15-13/h12-14H,2,4-10H2,1,3H3. The molecule has 0 saturated carbocycles. The van der Waals surface area contributed by atoms with Crippen molar-refractivity contribution < 1.29 is 4.74 Å². The van der Waals surface area contributed by atoms with Gasteiger partial charge in [0.1, 0.15) is 0 Å². The lowest BCUT2D eigenvalue weighted by atomic mass is 10.0. The zero-order valence-electron chi connectivity index (χ0n) is 10.2. The van der Waals surface area contributed by atoms with Crippen LogP contribution in [0.15, 0.2) is 12.2 Å². The van der Waals surface area contributed by atoms with Crippen LogP contribution in [0.5, 0.6) is 0 Å². The Labute approximate surface area is 94.1 Å². The van der Waals surface area contributed by atoms with E-state index in [-0.39, 0.29) is 0 Å². The Hall–Kier alpha value is -0.340. The molecule has 88 valence electrons. The largest absolute Gasteiger partial charge is 0.377 e. The van der Waals surface area contributed by atoms with E-state index < -0.39 is 0 Å². The summed E-state index contributed by atoms with van der Waals surface area (Å²) >= 11 is 0. The molecule has 1 N–H and O–H groups in total. The minimum Gasteiger partial charge on any atom is -0.377 e. The summed E-state index contributed by atoms with van der Waals surface area (Å²) in [6.45, 7) is 10.3. The predicted molar refractivity (Wildman–Crippen MR) is 65.1 cm³/mol. The molecule has 0 aromatic heterocycles. The highest BCUT2D eigenvalue weighted by atomic mass is 16.5. The molecule has 1 rings (SSSR count). The third kappa shape index (κ3) is 4.80. The van der Waals surface area contributed by atoms with Crippen molar-refractivity contribution >= 4 is 0 Å². The maximum absolute atomic E-state index is 5.75. The van der Waals surface area contributed by atoms with Gasteiger partial charge in [-0.25, -0.2) is 0 Å². The van der Waals surface area contributed by atoms with Crippen molar-refractivity contribution in [2.75, 3.05) is 13.2 Å². The SMILES string of the molecule is C=C(C)CCC(NCCC)C1CCCO1. The molecule has 0 spiro atoms. The quantitative estimate of drug-likeness (QED) is 0.654. The van der Waals surface area contributed by atoms with Crippen LogP contribution < -0.4 is 5.32 Å². The third-order valence-corrected chi connectivity index (χ3v) is 2.95. The first-order valence-electron chi connectivity index (χ1n) is 6.23. The topological polar surface area (TPSA) is 21.3 Å². The van der Waals surface area contributed by atoms with Gasteiger partial charge in [0, 0.05) is 12.6 Å². The Kier molecular flexibility index (Phi) is 5.96. The summed E-state index contributed by atoms with van der Waals surface area (Å²) in [5, 5.41) is 3.60. The van der Waals surface area contributed by atoms with Crippen molar-refractivity contribution in [3.05, 3.63) is 12.2 Å². The first-order valence-corrected chi connectivity index (χ1v) is 6.23. The van der Waals surface area contributed by atoms with Crippen molar-refractivity contribution in [1.82, 2.24) is 5.32 Å². The molecule has 0 radical (unpaired) electrons. The number of hydrogen-bond donors (Lipinski definition) is 1. The highest BCUT2D eigenvalue weighted by molar-refractivity contribution is 4.91. The van der Waals surface area contributed by atoms with Crippen LogP contribution in [-0.2, 0) is 4.74 Å². The zero-order chi connectivity index (χ0) is 11.1. The van der Waals surface area contributed by atoms with Gasteiger partial charge in [0.05, 0.1) is 6.10 Å². The summed E-state index contributed by atoms with van der Waals surface area (Å²) in [6.07, 6.45) is 6.35. The molecule has 0 aromatic rings. The summed E-state index contributed by atoms with van der Waals surface area (Å²) in [6, 6.07) is 0.532. The summed E-state index contributed by atoms with van der Waals surface area (Å²) < 4.78 is 5.75. The molecule has 1 saturated heterocycles. The van der Waals surface area contributed by atoms with E-state index in [1.165, 1.54) is 31.3 Å². The van der Waals surface area contributed by atoms with Gasteiger partial charge in [-0.1, -0.05) is 12.5 Å². The summed E-state index contributed by atoms with van der Waals surface area (Å²) in [5.74, 6) is 0. The molecule has 0 aliphatic carbocycles. The van der Waals surface area contributed by atoms with Gasteiger partial charge in [-0.15, -0.1) is 6.58 Å². The first-order chi connectivity index (χ1) is 7.24. The highest BCUT2D eigenvalue weighted by Gasteiger charge is 2.24. The molecular weight excluding hydrogens is 186 g/mol. The van der Waals surface area contributed by atoms with Gasteiger partial charge in [-0.05, 0) is 45.6 Å². The van der Waals surface area contributed by atoms with E-state index >= 15 is 0 Å². The fraction of sp³-hybridized carbons (Fsp3) is 0.846. The van der Waals surface area contributed by atoms with Gasteiger partial charge in [0.2, 0.25) is 0 Å². The van der Waals surface area contributed by atoms with Crippen LogP contribution in [0.4, 0.5) is 0 Å². The van der Waals surface area contributed by atoms with E-state index in [9.17, 15) is 0 Å². The molecule has 1 aliphatic heterocycles. The first kappa shape index (κ1) is 12.7. The second-order valence-electron chi connectivity index (χ2n) is 4.61. The lowest BCUT2D eigenvalue weighted by Gasteiger charge is -2.24. The fourth-order valence-electron chi connectivity index (χ4n) is 2.07. The van der Waals surface area contributed by atoms with Crippen LogP contribution in [0.3, 0.4) is 0 Å². The molecule has 2 nitrogen and oxygen atoms in total. The molecule has 1 fully saturated rings. The monoisotopic (exact) mass is 211 g/mol. The van der Waals surface area contributed by atoms with Crippen LogP contribution in [-0.4, -0.2) is 25.3 Å². The van der Waals surface area contributed by atoms with Crippen molar-refractivity contribution in [3.8, 4) is 0 Å². The molecule has 1 aliphatic rings. The minimum atomic E-state index is 0.441. The number of hydrogen-bond acceptors (Lipinski definition) is 2. The van der Waals surface area contributed by atoms with Crippen molar-refractivity contribution in [1.29, 1.82) is 0 Å². The number of allylic oxidation sites excluding steroid dienone is 1. The summed E-state index contributed by atoms with van der Waals surface area (Å²) in [4.78, 5) is 0. The van der Waals surface area contributed by atoms with Gasteiger partial charge in [-0.3, -0.25) is 0 Å². The molecule has 0 aromatic carbocycles. The van der Waals surface area contributed by atoms with E-state index in [0.717, 1.165) is 19.6 Å². The fourth-order valence-corrected chi connectivity index (χ4v) is 2.07. The molecule has 15 heavy (non-hydrogen) atoms. The molecule has 0 amide bonds. The molecule has 2 unspecified atom stereocenters. The van der Waals surface area contributed by atoms with Crippen molar-refractivity contribution in [2.45, 2.75) is 58.1 Å². The lowest BCUT2D eigenvalue weighted by molar-refractivity contribution is 0.0757. The maximum atomic E-state index is 5.75. The predicted octanol–water partition coefficient (Wildman–Crippen LogP) is 2.89. The third-order valence-electron chi connectivity index (χ3n) is 2.95. The smallest absolute Gasteiger partial charge is 0.0728 e. The van der Waals surface area contributed by atoms with Gasteiger partial charge in [0.15, 0.2) is 0 Å². The number of nitrogens with one attached hydrogen (secondary N) is 1. The van der Waals surface area contributed by atoms with Crippen LogP contribution >= 0.6 is 0 Å². The van der Waals surface area contributed by atoms with E-state index in [4.69, 9.17) is 4.74 Å². The summed E-state index contributed by atoms with van der Waals surface area (Å²) in [7, 11) is 0. The Morgan fingerprint density at radius 1 is 1.60 bits per heavy atom. The molecule has 0 bridgehead atoms. The zero-order valence-corrected chi connectivity index (χ0v) is 10.2. The van der Waals surface area contributed by atoms with Crippen molar-refractivity contribution in [2.24, 2.45) is 0 Å². The minimum absolute atomic E-state index is 0.441. The number of rotatable bonds is 7. The molecule has 1 heterocycles. The van der Waals surface area contributed by atoms with Crippen molar-refractivity contribution in [3.63, 3.8) is 0 Å². The Morgan fingerprint density at radius 2 is 2.40 bits per heavy atom. The van der Waals surface area contributed by atoms with Crippen LogP contribution in [0, 0.1) is 0 Å².